The van der Waals surface area contributed by atoms with Gasteiger partial charge in [0.1, 0.15) is 7.85 Å². The van der Waals surface area contributed by atoms with Crippen LogP contribution in [0.2, 0.25) is 0 Å². The minimum atomic E-state index is -4.45. The molecule has 0 atom stereocenters. The van der Waals surface area contributed by atoms with Gasteiger partial charge in [-0.15, -0.1) is 0 Å². The number of alkyl halides is 3. The number of halogens is 3. The van der Waals surface area contributed by atoms with E-state index in [1.54, 1.807) is 7.85 Å². The van der Waals surface area contributed by atoms with Gasteiger partial charge in [0.2, 0.25) is 0 Å². The van der Waals surface area contributed by atoms with Gasteiger partial charge >= 0.3 is 6.18 Å². The van der Waals surface area contributed by atoms with Crippen molar-refractivity contribution in [2.24, 2.45) is 0 Å². The van der Waals surface area contributed by atoms with Gasteiger partial charge in [0.05, 0.1) is 17.2 Å². The van der Waals surface area contributed by atoms with E-state index < -0.39 is 11.7 Å². The van der Waals surface area contributed by atoms with Crippen molar-refractivity contribution in [2.75, 3.05) is 0 Å². The lowest BCUT2D eigenvalue weighted by Crippen LogP contribution is -2.13. The van der Waals surface area contributed by atoms with Crippen molar-refractivity contribution < 1.29 is 13.2 Å². The van der Waals surface area contributed by atoms with Crippen LogP contribution in [-0.2, 0) is 6.18 Å². The van der Waals surface area contributed by atoms with Crippen molar-refractivity contribution in [2.45, 2.75) is 6.18 Å². The molecule has 0 saturated carbocycles. The Labute approximate surface area is 74.2 Å². The van der Waals surface area contributed by atoms with Crippen LogP contribution < -0.4 is 5.46 Å². The fourth-order valence-electron chi connectivity index (χ4n) is 0.990. The first-order valence-electron chi connectivity index (χ1n) is 3.53. The lowest BCUT2D eigenvalue weighted by molar-refractivity contribution is -0.137. The van der Waals surface area contributed by atoms with Gasteiger partial charge < -0.3 is 0 Å². The van der Waals surface area contributed by atoms with Crippen molar-refractivity contribution >= 4 is 13.3 Å². The Hall–Kier alpha value is -1.44. The summed E-state index contributed by atoms with van der Waals surface area (Å²) < 4.78 is 36.8. The molecule has 0 unspecified atom stereocenters. The molecule has 66 valence electrons. The van der Waals surface area contributed by atoms with Crippen LogP contribution >= 0.6 is 0 Å². The Bertz CT molecular complexity index is 365. The molecule has 0 heterocycles. The highest BCUT2D eigenvalue weighted by Crippen LogP contribution is 2.30. The zero-order valence-electron chi connectivity index (χ0n) is 6.81. The molecule has 1 nitrogen and oxygen atoms in total. The van der Waals surface area contributed by atoms with Crippen LogP contribution in [0.4, 0.5) is 13.2 Å². The van der Waals surface area contributed by atoms with Crippen LogP contribution in [0.5, 0.6) is 0 Å². The van der Waals surface area contributed by atoms with E-state index in [0.29, 0.717) is 5.46 Å². The molecule has 0 bridgehead atoms. The highest BCUT2D eigenvalue weighted by atomic mass is 19.4. The lowest BCUT2D eigenvalue weighted by Gasteiger charge is -2.08. The summed E-state index contributed by atoms with van der Waals surface area (Å²) in [4.78, 5) is 0. The summed E-state index contributed by atoms with van der Waals surface area (Å²) in [6, 6.07) is 5.14. The van der Waals surface area contributed by atoms with Gasteiger partial charge in [-0.1, -0.05) is 17.6 Å². The molecule has 0 fully saturated rings. The predicted molar refractivity (Wildman–Crippen MR) is 44.3 cm³/mol. The van der Waals surface area contributed by atoms with Crippen LogP contribution in [-0.4, -0.2) is 7.85 Å². The highest BCUT2D eigenvalue weighted by molar-refractivity contribution is 6.32. The zero-order valence-corrected chi connectivity index (χ0v) is 6.81. The molecular weight excluding hydrogens is 178 g/mol. The summed E-state index contributed by atoms with van der Waals surface area (Å²) in [6.45, 7) is 0. The second-order valence-corrected chi connectivity index (χ2v) is 2.66. The summed E-state index contributed by atoms with van der Waals surface area (Å²) in [5, 5.41) is 8.42. The standard InChI is InChI=1S/C8H5BF3N/c9-6-2-1-5(4-13)7(3-6)8(10,11)12/h1-3H,9H2. The molecule has 0 N–H and O–H groups in total. The van der Waals surface area contributed by atoms with Gasteiger partial charge in [0.25, 0.3) is 0 Å². The quantitative estimate of drug-likeness (QED) is 0.546. The summed E-state index contributed by atoms with van der Waals surface area (Å²) in [6.07, 6.45) is -4.45. The van der Waals surface area contributed by atoms with E-state index in [4.69, 9.17) is 5.26 Å². The third-order valence-corrected chi connectivity index (χ3v) is 1.60. The van der Waals surface area contributed by atoms with E-state index in [9.17, 15) is 13.2 Å². The summed E-state index contributed by atoms with van der Waals surface area (Å²) >= 11 is 0. The molecule has 0 spiro atoms. The molecule has 5 heteroatoms. The molecule has 0 amide bonds. The maximum atomic E-state index is 12.3. The number of hydrogen-bond donors (Lipinski definition) is 0. The SMILES string of the molecule is Bc1ccc(C#N)c(C(F)(F)F)c1. The Kier molecular flexibility index (Phi) is 2.33. The molecule has 0 saturated heterocycles. The van der Waals surface area contributed by atoms with Crippen molar-refractivity contribution in [3.8, 4) is 6.07 Å². The van der Waals surface area contributed by atoms with E-state index in [1.807, 2.05) is 0 Å². The second-order valence-electron chi connectivity index (χ2n) is 2.66. The normalized spacial score (nSPS) is 10.9. The van der Waals surface area contributed by atoms with Crippen LogP contribution in [0, 0.1) is 11.3 Å². The van der Waals surface area contributed by atoms with E-state index in [0.717, 1.165) is 6.07 Å². The predicted octanol–water partition coefficient (Wildman–Crippen LogP) is 0.835. The van der Waals surface area contributed by atoms with Gasteiger partial charge in [-0.25, -0.2) is 0 Å². The molecule has 1 rings (SSSR count). The van der Waals surface area contributed by atoms with Gasteiger partial charge in [0, 0.05) is 0 Å². The Morgan fingerprint density at radius 3 is 2.38 bits per heavy atom. The third-order valence-electron chi connectivity index (χ3n) is 1.60. The van der Waals surface area contributed by atoms with Crippen LogP contribution in [0.1, 0.15) is 11.1 Å². The van der Waals surface area contributed by atoms with Crippen molar-refractivity contribution in [1.82, 2.24) is 0 Å². The van der Waals surface area contributed by atoms with Crippen LogP contribution in [0.3, 0.4) is 0 Å². The van der Waals surface area contributed by atoms with E-state index >= 15 is 0 Å². The fraction of sp³-hybridized carbons (Fsp3) is 0.125. The van der Waals surface area contributed by atoms with Crippen LogP contribution in [0.25, 0.3) is 0 Å². The van der Waals surface area contributed by atoms with Crippen molar-refractivity contribution in [1.29, 1.82) is 5.26 Å². The van der Waals surface area contributed by atoms with Gasteiger partial charge in [-0.3, -0.25) is 0 Å². The van der Waals surface area contributed by atoms with E-state index in [1.165, 1.54) is 18.2 Å². The Morgan fingerprint density at radius 2 is 1.92 bits per heavy atom. The maximum absolute atomic E-state index is 12.3. The van der Waals surface area contributed by atoms with Gasteiger partial charge in [-0.05, 0) is 6.07 Å². The number of nitriles is 1. The highest BCUT2D eigenvalue weighted by Gasteiger charge is 2.33. The largest absolute Gasteiger partial charge is 0.417 e. The second kappa shape index (κ2) is 3.13. The minimum absolute atomic E-state index is 0.335. The lowest BCUT2D eigenvalue weighted by atomic mass is 9.92. The van der Waals surface area contributed by atoms with Gasteiger partial charge in [0.15, 0.2) is 0 Å². The first-order valence-corrected chi connectivity index (χ1v) is 3.53. The molecule has 0 aliphatic carbocycles. The van der Waals surface area contributed by atoms with E-state index in [-0.39, 0.29) is 5.56 Å². The zero-order chi connectivity index (χ0) is 10.1. The first-order chi connectivity index (χ1) is 5.95. The average molecular weight is 183 g/mol. The monoisotopic (exact) mass is 183 g/mol. The van der Waals surface area contributed by atoms with Gasteiger partial charge in [-0.2, -0.15) is 18.4 Å². The topological polar surface area (TPSA) is 23.8 Å². The molecule has 13 heavy (non-hydrogen) atoms. The molecule has 1 aromatic rings. The molecule has 1 aromatic carbocycles. The smallest absolute Gasteiger partial charge is 0.192 e. The van der Waals surface area contributed by atoms with Crippen LogP contribution in [0.15, 0.2) is 18.2 Å². The molecule has 0 radical (unpaired) electrons. The molecule has 0 aliphatic rings. The minimum Gasteiger partial charge on any atom is -0.192 e. The fourth-order valence-corrected chi connectivity index (χ4v) is 0.990. The summed E-state index contributed by atoms with van der Waals surface area (Å²) in [5.74, 6) is 0. The molecular formula is C8H5BF3N. The molecule has 0 aliphatic heterocycles. The number of hydrogen-bond acceptors (Lipinski definition) is 1. The Balaban J connectivity index is 3.35. The first kappa shape index (κ1) is 9.65. The number of benzene rings is 1. The molecule has 0 aromatic heterocycles. The van der Waals surface area contributed by atoms with Crippen molar-refractivity contribution in [3.63, 3.8) is 0 Å². The number of nitrogens with zero attached hydrogens (tertiary/aromatic N) is 1. The Morgan fingerprint density at radius 1 is 1.31 bits per heavy atom. The maximum Gasteiger partial charge on any atom is 0.417 e. The summed E-state index contributed by atoms with van der Waals surface area (Å²) in [5.41, 5.74) is -0.709. The average Bonchev–Trinajstić information content (AvgIpc) is 2.03. The van der Waals surface area contributed by atoms with Crippen molar-refractivity contribution in [3.05, 3.63) is 29.3 Å². The summed E-state index contributed by atoms with van der Waals surface area (Å²) in [7, 11) is 1.55. The van der Waals surface area contributed by atoms with E-state index in [2.05, 4.69) is 0 Å². The third kappa shape index (κ3) is 2.02. The number of rotatable bonds is 0.